The average molecular weight is 179 g/mol. The van der Waals surface area contributed by atoms with E-state index in [0.717, 1.165) is 18.4 Å². The summed E-state index contributed by atoms with van der Waals surface area (Å²) in [6.45, 7) is 1.13. The maximum absolute atomic E-state index is 4.21. The fraction of sp³-hybridized carbons (Fsp3) is 0.700. The van der Waals surface area contributed by atoms with Crippen LogP contribution in [0.25, 0.3) is 0 Å². The molecule has 1 fully saturated rings. The van der Waals surface area contributed by atoms with E-state index in [-0.39, 0.29) is 0 Å². The lowest BCUT2D eigenvalue weighted by atomic mass is 9.72. The van der Waals surface area contributed by atoms with Crippen LogP contribution in [-0.2, 0) is 7.05 Å². The third kappa shape index (κ3) is 1.48. The van der Waals surface area contributed by atoms with Crippen LogP contribution in [0.1, 0.15) is 24.5 Å². The largest absolute Gasteiger partial charge is 0.319 e. The molecule has 1 saturated carbocycles. The fourth-order valence-electron chi connectivity index (χ4n) is 2.21. The van der Waals surface area contributed by atoms with Gasteiger partial charge in [-0.25, -0.2) is 0 Å². The summed E-state index contributed by atoms with van der Waals surface area (Å²) >= 11 is 0. The first-order valence-electron chi connectivity index (χ1n) is 4.95. The number of hydrogen-bond donors (Lipinski definition) is 1. The SMILES string of the molecule is CNCC1CCC1c1ccnn1C. The molecule has 0 spiro atoms. The Kier molecular flexibility index (Phi) is 2.36. The molecule has 2 rings (SSSR count). The summed E-state index contributed by atoms with van der Waals surface area (Å²) < 4.78 is 2.01. The highest BCUT2D eigenvalue weighted by atomic mass is 15.3. The van der Waals surface area contributed by atoms with E-state index in [4.69, 9.17) is 0 Å². The molecule has 72 valence electrons. The van der Waals surface area contributed by atoms with E-state index in [0.29, 0.717) is 0 Å². The van der Waals surface area contributed by atoms with Crippen LogP contribution >= 0.6 is 0 Å². The Bertz CT molecular complexity index is 279. The van der Waals surface area contributed by atoms with Crippen molar-refractivity contribution in [1.82, 2.24) is 15.1 Å². The van der Waals surface area contributed by atoms with Gasteiger partial charge in [-0.2, -0.15) is 5.10 Å². The highest BCUT2D eigenvalue weighted by Gasteiger charge is 2.32. The van der Waals surface area contributed by atoms with Crippen LogP contribution in [-0.4, -0.2) is 23.4 Å². The van der Waals surface area contributed by atoms with E-state index in [1.807, 2.05) is 25.0 Å². The summed E-state index contributed by atoms with van der Waals surface area (Å²) in [7, 11) is 4.06. The lowest BCUT2D eigenvalue weighted by molar-refractivity contribution is 0.240. The van der Waals surface area contributed by atoms with Crippen molar-refractivity contribution < 1.29 is 0 Å². The van der Waals surface area contributed by atoms with E-state index in [2.05, 4.69) is 16.5 Å². The predicted octanol–water partition coefficient (Wildman–Crippen LogP) is 1.13. The van der Waals surface area contributed by atoms with E-state index >= 15 is 0 Å². The Morgan fingerprint density at radius 2 is 2.46 bits per heavy atom. The van der Waals surface area contributed by atoms with Crippen molar-refractivity contribution in [2.75, 3.05) is 13.6 Å². The molecule has 0 bridgehead atoms. The minimum atomic E-state index is 0.736. The predicted molar refractivity (Wildman–Crippen MR) is 52.6 cm³/mol. The lowest BCUT2D eigenvalue weighted by Gasteiger charge is -2.36. The Hall–Kier alpha value is -0.830. The van der Waals surface area contributed by atoms with E-state index in [9.17, 15) is 0 Å². The van der Waals surface area contributed by atoms with Gasteiger partial charge < -0.3 is 5.32 Å². The van der Waals surface area contributed by atoms with Gasteiger partial charge in [0.05, 0.1) is 0 Å². The second kappa shape index (κ2) is 3.50. The molecule has 3 nitrogen and oxygen atoms in total. The highest BCUT2D eigenvalue weighted by Crippen LogP contribution is 2.41. The maximum atomic E-state index is 4.21. The minimum absolute atomic E-state index is 0.736. The van der Waals surface area contributed by atoms with Crippen LogP contribution < -0.4 is 5.32 Å². The van der Waals surface area contributed by atoms with Gasteiger partial charge in [0.15, 0.2) is 0 Å². The quantitative estimate of drug-likeness (QED) is 0.754. The number of nitrogens with zero attached hydrogens (tertiary/aromatic N) is 2. The Labute approximate surface area is 79.1 Å². The van der Waals surface area contributed by atoms with Crippen molar-refractivity contribution in [2.45, 2.75) is 18.8 Å². The van der Waals surface area contributed by atoms with Crippen LogP contribution in [0.4, 0.5) is 0 Å². The van der Waals surface area contributed by atoms with Crippen molar-refractivity contribution >= 4 is 0 Å². The molecule has 0 aliphatic heterocycles. The summed E-state index contributed by atoms with van der Waals surface area (Å²) in [6, 6.07) is 2.15. The van der Waals surface area contributed by atoms with Crippen LogP contribution in [0.15, 0.2) is 12.3 Å². The molecule has 1 aromatic heterocycles. The van der Waals surface area contributed by atoms with Crippen LogP contribution in [0.2, 0.25) is 0 Å². The van der Waals surface area contributed by atoms with Gasteiger partial charge in [0.1, 0.15) is 0 Å². The third-order valence-corrected chi connectivity index (χ3v) is 3.12. The monoisotopic (exact) mass is 179 g/mol. The molecule has 1 aromatic rings. The van der Waals surface area contributed by atoms with Crippen LogP contribution in [0.3, 0.4) is 0 Å². The van der Waals surface area contributed by atoms with Crippen molar-refractivity contribution in [1.29, 1.82) is 0 Å². The average Bonchev–Trinajstić information content (AvgIpc) is 2.46. The van der Waals surface area contributed by atoms with Crippen LogP contribution in [0.5, 0.6) is 0 Å². The summed E-state index contributed by atoms with van der Waals surface area (Å²) in [6.07, 6.45) is 4.58. The number of hydrogen-bond acceptors (Lipinski definition) is 2. The Balaban J connectivity index is 2.06. The van der Waals surface area contributed by atoms with Crippen molar-refractivity contribution in [2.24, 2.45) is 13.0 Å². The molecular weight excluding hydrogens is 162 g/mol. The van der Waals surface area contributed by atoms with Crippen molar-refractivity contribution in [3.8, 4) is 0 Å². The lowest BCUT2D eigenvalue weighted by Crippen LogP contribution is -2.33. The van der Waals surface area contributed by atoms with Crippen molar-refractivity contribution in [3.05, 3.63) is 18.0 Å². The van der Waals surface area contributed by atoms with Gasteiger partial charge in [0, 0.05) is 24.9 Å². The van der Waals surface area contributed by atoms with Crippen LogP contribution in [0, 0.1) is 5.92 Å². The van der Waals surface area contributed by atoms with Gasteiger partial charge in [-0.15, -0.1) is 0 Å². The summed E-state index contributed by atoms with van der Waals surface area (Å²) in [4.78, 5) is 0. The molecule has 1 heterocycles. The molecule has 13 heavy (non-hydrogen) atoms. The highest BCUT2D eigenvalue weighted by molar-refractivity contribution is 5.13. The summed E-state index contributed by atoms with van der Waals surface area (Å²) in [5, 5.41) is 7.46. The topological polar surface area (TPSA) is 29.9 Å². The van der Waals surface area contributed by atoms with Gasteiger partial charge in [-0.3, -0.25) is 4.68 Å². The van der Waals surface area contributed by atoms with Gasteiger partial charge >= 0.3 is 0 Å². The Morgan fingerprint density at radius 3 is 2.92 bits per heavy atom. The number of rotatable bonds is 3. The van der Waals surface area contributed by atoms with E-state index in [1.54, 1.807) is 0 Å². The zero-order valence-electron chi connectivity index (χ0n) is 8.33. The van der Waals surface area contributed by atoms with E-state index in [1.165, 1.54) is 18.5 Å². The molecular formula is C10H17N3. The molecule has 3 heteroatoms. The van der Waals surface area contributed by atoms with Gasteiger partial charge in [0.2, 0.25) is 0 Å². The van der Waals surface area contributed by atoms with Crippen molar-refractivity contribution in [3.63, 3.8) is 0 Å². The zero-order chi connectivity index (χ0) is 9.26. The second-order valence-electron chi connectivity index (χ2n) is 3.88. The molecule has 1 N–H and O–H groups in total. The first-order chi connectivity index (χ1) is 6.33. The molecule has 0 amide bonds. The number of aryl methyl sites for hydroxylation is 1. The molecule has 2 unspecified atom stereocenters. The minimum Gasteiger partial charge on any atom is -0.319 e. The Morgan fingerprint density at radius 1 is 1.62 bits per heavy atom. The van der Waals surface area contributed by atoms with Gasteiger partial charge in [-0.1, -0.05) is 0 Å². The zero-order valence-corrected chi connectivity index (χ0v) is 8.33. The second-order valence-corrected chi connectivity index (χ2v) is 3.88. The smallest absolute Gasteiger partial charge is 0.0492 e. The number of aromatic nitrogens is 2. The normalized spacial score (nSPS) is 27.2. The first-order valence-corrected chi connectivity index (χ1v) is 4.95. The summed E-state index contributed by atoms with van der Waals surface area (Å²) in [5.74, 6) is 1.56. The van der Waals surface area contributed by atoms with Gasteiger partial charge in [-0.05, 0) is 38.4 Å². The summed E-state index contributed by atoms with van der Waals surface area (Å²) in [5.41, 5.74) is 1.39. The molecule has 1 aliphatic rings. The number of nitrogens with one attached hydrogen (secondary N) is 1. The third-order valence-electron chi connectivity index (χ3n) is 3.12. The van der Waals surface area contributed by atoms with E-state index < -0.39 is 0 Å². The molecule has 1 aliphatic carbocycles. The fourth-order valence-corrected chi connectivity index (χ4v) is 2.21. The van der Waals surface area contributed by atoms with Gasteiger partial charge in [0.25, 0.3) is 0 Å². The molecule has 0 saturated heterocycles. The molecule has 0 aromatic carbocycles. The maximum Gasteiger partial charge on any atom is 0.0492 e. The first kappa shape index (κ1) is 8.75. The molecule has 2 atom stereocenters. The standard InChI is InChI=1S/C10H17N3/c1-11-7-8-3-4-9(8)10-5-6-12-13(10)2/h5-6,8-9,11H,3-4,7H2,1-2H3. The molecule has 0 radical (unpaired) electrons.